The van der Waals surface area contributed by atoms with Gasteiger partial charge >= 0.3 is 0 Å². The molecule has 0 aromatic heterocycles. The number of thioether (sulfide) groups is 1. The van der Waals surface area contributed by atoms with Crippen LogP contribution in [0.25, 0.3) is 6.08 Å². The second kappa shape index (κ2) is 10.4. The third-order valence-corrected chi connectivity index (χ3v) is 4.79. The molecule has 6 nitrogen and oxygen atoms in total. The zero-order valence-corrected chi connectivity index (χ0v) is 15.9. The van der Waals surface area contributed by atoms with E-state index in [4.69, 9.17) is 31.2 Å². The summed E-state index contributed by atoms with van der Waals surface area (Å²) in [7, 11) is 3.17. The minimum atomic E-state index is -0.110. The fourth-order valence-electron chi connectivity index (χ4n) is 2.06. The average molecular weight is 383 g/mol. The van der Waals surface area contributed by atoms with Gasteiger partial charge in [0.25, 0.3) is 5.91 Å². The normalized spacial score (nSPS) is 14.3. The van der Waals surface area contributed by atoms with Gasteiger partial charge in [-0.1, -0.05) is 30.0 Å². The minimum Gasteiger partial charge on any atom is -0.493 e. The van der Waals surface area contributed by atoms with Crippen LogP contribution in [0.4, 0.5) is 0 Å². The van der Waals surface area contributed by atoms with Crippen LogP contribution in [0.3, 0.4) is 0 Å². The second-order valence-corrected chi connectivity index (χ2v) is 6.74. The number of rotatable bonds is 9. The molecule has 0 atom stereocenters. The van der Waals surface area contributed by atoms with E-state index in [0.29, 0.717) is 35.6 Å². The van der Waals surface area contributed by atoms with E-state index in [1.165, 1.54) is 17.8 Å². The Morgan fingerprint density at radius 1 is 1.32 bits per heavy atom. The fourth-order valence-corrected chi connectivity index (χ4v) is 3.28. The first-order valence-electron chi connectivity index (χ1n) is 7.69. The molecule has 1 saturated heterocycles. The number of hydrogen-bond donors (Lipinski definition) is 0. The van der Waals surface area contributed by atoms with Crippen molar-refractivity contribution in [1.29, 1.82) is 0 Å². The van der Waals surface area contributed by atoms with Crippen LogP contribution in [-0.2, 0) is 14.3 Å². The Morgan fingerprint density at radius 2 is 2.16 bits per heavy atom. The van der Waals surface area contributed by atoms with Crippen molar-refractivity contribution in [2.75, 3.05) is 46.5 Å². The largest absolute Gasteiger partial charge is 0.493 e. The molecule has 0 bridgehead atoms. The summed E-state index contributed by atoms with van der Waals surface area (Å²) in [6.07, 6.45) is 3.25. The third kappa shape index (κ3) is 6.00. The molecule has 1 aromatic carbocycles. The second-order valence-electron chi connectivity index (χ2n) is 5.01. The summed E-state index contributed by atoms with van der Waals surface area (Å²) in [4.78, 5) is 13.7. The number of ether oxygens (including phenoxy) is 4. The molecule has 0 spiro atoms. The van der Waals surface area contributed by atoms with Gasteiger partial charge in [-0.25, -0.2) is 0 Å². The standard InChI is InChI=1S/C17H21NO5S2/c1-20-8-9-22-12-23-14-5-3-13(11-15(14)21-2)4-6-16(19)18-7-10-25-17(18)24/h3-6,11H,7-10,12H2,1-2H3. The molecule has 1 heterocycles. The van der Waals surface area contributed by atoms with E-state index in [1.54, 1.807) is 37.3 Å². The first-order valence-corrected chi connectivity index (χ1v) is 9.09. The quantitative estimate of drug-likeness (QED) is 0.281. The molecule has 1 aliphatic rings. The summed E-state index contributed by atoms with van der Waals surface area (Å²) in [5, 5.41) is 0. The third-order valence-electron chi connectivity index (χ3n) is 3.36. The van der Waals surface area contributed by atoms with Gasteiger partial charge in [0.2, 0.25) is 0 Å². The average Bonchev–Trinajstić information content (AvgIpc) is 3.06. The predicted octanol–water partition coefficient (Wildman–Crippen LogP) is 2.57. The number of carbonyl (C=O) groups is 1. The number of benzene rings is 1. The van der Waals surface area contributed by atoms with E-state index < -0.39 is 0 Å². The highest BCUT2D eigenvalue weighted by atomic mass is 32.2. The zero-order valence-electron chi connectivity index (χ0n) is 14.2. The Balaban J connectivity index is 1.94. The molecule has 8 heteroatoms. The van der Waals surface area contributed by atoms with Gasteiger partial charge in [0.15, 0.2) is 18.3 Å². The van der Waals surface area contributed by atoms with Crippen LogP contribution in [-0.4, -0.2) is 61.7 Å². The molecule has 1 aromatic rings. The van der Waals surface area contributed by atoms with Crippen LogP contribution < -0.4 is 9.47 Å². The molecule has 0 radical (unpaired) electrons. The van der Waals surface area contributed by atoms with Gasteiger partial charge < -0.3 is 18.9 Å². The van der Waals surface area contributed by atoms with Crippen molar-refractivity contribution in [2.24, 2.45) is 0 Å². The Hall–Kier alpha value is -1.61. The molecule has 0 saturated carbocycles. The van der Waals surface area contributed by atoms with Crippen molar-refractivity contribution < 1.29 is 23.7 Å². The molecule has 1 amide bonds. The highest BCUT2D eigenvalue weighted by Gasteiger charge is 2.21. The zero-order chi connectivity index (χ0) is 18.1. The molecule has 0 unspecified atom stereocenters. The first-order chi connectivity index (χ1) is 12.2. The topological polar surface area (TPSA) is 57.2 Å². The molecular formula is C17H21NO5S2. The lowest BCUT2D eigenvalue weighted by molar-refractivity contribution is -0.121. The van der Waals surface area contributed by atoms with Gasteiger partial charge in [-0.15, -0.1) is 0 Å². The minimum absolute atomic E-state index is 0.109. The number of amides is 1. The van der Waals surface area contributed by atoms with Gasteiger partial charge in [-0.3, -0.25) is 9.69 Å². The Bertz CT molecular complexity index is 635. The first kappa shape index (κ1) is 19.7. The number of nitrogens with zero attached hydrogens (tertiary/aromatic N) is 1. The van der Waals surface area contributed by atoms with E-state index in [-0.39, 0.29) is 12.7 Å². The molecule has 0 N–H and O–H groups in total. The van der Waals surface area contributed by atoms with Crippen LogP contribution >= 0.6 is 24.0 Å². The van der Waals surface area contributed by atoms with Crippen molar-refractivity contribution >= 4 is 40.3 Å². The molecule has 136 valence electrons. The molecule has 0 aliphatic carbocycles. The van der Waals surface area contributed by atoms with Crippen LogP contribution in [0.1, 0.15) is 5.56 Å². The van der Waals surface area contributed by atoms with E-state index in [1.807, 2.05) is 6.07 Å². The van der Waals surface area contributed by atoms with Gasteiger partial charge in [-0.2, -0.15) is 0 Å². The van der Waals surface area contributed by atoms with Crippen LogP contribution in [0, 0.1) is 0 Å². The Labute approximate surface area is 157 Å². The van der Waals surface area contributed by atoms with Gasteiger partial charge in [0.1, 0.15) is 4.32 Å². The maximum Gasteiger partial charge on any atom is 0.252 e. The van der Waals surface area contributed by atoms with Crippen LogP contribution in [0.2, 0.25) is 0 Å². The summed E-state index contributed by atoms with van der Waals surface area (Å²) < 4.78 is 21.7. The summed E-state index contributed by atoms with van der Waals surface area (Å²) >= 11 is 6.67. The van der Waals surface area contributed by atoms with Crippen molar-refractivity contribution in [3.63, 3.8) is 0 Å². The summed E-state index contributed by atoms with van der Waals surface area (Å²) in [6.45, 7) is 1.74. The van der Waals surface area contributed by atoms with Gasteiger partial charge in [-0.05, 0) is 23.8 Å². The maximum absolute atomic E-state index is 12.1. The fraction of sp³-hybridized carbons (Fsp3) is 0.412. The summed E-state index contributed by atoms with van der Waals surface area (Å²) in [6, 6.07) is 5.41. The van der Waals surface area contributed by atoms with E-state index in [9.17, 15) is 4.79 Å². The van der Waals surface area contributed by atoms with Gasteiger partial charge in [0.05, 0.1) is 20.3 Å². The molecule has 1 aliphatic heterocycles. The van der Waals surface area contributed by atoms with Crippen molar-refractivity contribution in [3.8, 4) is 11.5 Å². The lowest BCUT2D eigenvalue weighted by Crippen LogP contribution is -2.28. The van der Waals surface area contributed by atoms with E-state index >= 15 is 0 Å². The van der Waals surface area contributed by atoms with Crippen LogP contribution in [0.5, 0.6) is 11.5 Å². The number of methoxy groups -OCH3 is 2. The monoisotopic (exact) mass is 383 g/mol. The van der Waals surface area contributed by atoms with Crippen molar-refractivity contribution in [1.82, 2.24) is 4.90 Å². The molecule has 1 fully saturated rings. The smallest absolute Gasteiger partial charge is 0.252 e. The molecule has 2 rings (SSSR count). The summed E-state index contributed by atoms with van der Waals surface area (Å²) in [5.74, 6) is 1.88. The predicted molar refractivity (Wildman–Crippen MR) is 102 cm³/mol. The number of carbonyl (C=O) groups excluding carboxylic acids is 1. The van der Waals surface area contributed by atoms with Crippen molar-refractivity contribution in [2.45, 2.75) is 0 Å². The highest BCUT2D eigenvalue weighted by Crippen LogP contribution is 2.28. The SMILES string of the molecule is COCCOCOc1ccc(C=CC(=O)N2CCSC2=S)cc1OC. The lowest BCUT2D eigenvalue weighted by atomic mass is 10.2. The summed E-state index contributed by atoms with van der Waals surface area (Å²) in [5.41, 5.74) is 0.829. The maximum atomic E-state index is 12.1. The Morgan fingerprint density at radius 3 is 2.84 bits per heavy atom. The highest BCUT2D eigenvalue weighted by molar-refractivity contribution is 8.23. The lowest BCUT2D eigenvalue weighted by Gasteiger charge is -2.12. The Kier molecular flexibility index (Phi) is 8.20. The van der Waals surface area contributed by atoms with Crippen LogP contribution in [0.15, 0.2) is 24.3 Å². The van der Waals surface area contributed by atoms with Gasteiger partial charge in [0, 0.05) is 25.5 Å². The number of hydrogen-bond acceptors (Lipinski definition) is 7. The molecule has 25 heavy (non-hydrogen) atoms. The van der Waals surface area contributed by atoms with E-state index in [0.717, 1.165) is 11.3 Å². The van der Waals surface area contributed by atoms with E-state index in [2.05, 4.69) is 0 Å². The number of thiocarbonyl (C=S) groups is 1. The molecular weight excluding hydrogens is 362 g/mol. The van der Waals surface area contributed by atoms with Crippen molar-refractivity contribution in [3.05, 3.63) is 29.8 Å².